The molecule has 0 radical (unpaired) electrons. The number of aliphatic hydroxyl groups excluding tert-OH is 1. The first-order valence-electron chi connectivity index (χ1n) is 9.42. The van der Waals surface area contributed by atoms with Crippen LogP contribution in [-0.4, -0.2) is 29.0 Å². The molecule has 1 amide bonds. The fourth-order valence-electron chi connectivity index (χ4n) is 3.68. The zero-order chi connectivity index (χ0) is 22.1. The Kier molecular flexibility index (Phi) is 5.40. The molecular formula is C24H18ClNO5. The standard InChI is InChI=1S/C24H18ClNO5/c1-31-19-10-6-5-9-16(19)22(28)20-21(14-11-12-18(27)17(25)13-14)26(24(30)23(20)29)15-7-3-2-4-8-15/h2-13,21,27-28H,1H3/b22-20-. The third kappa shape index (κ3) is 3.51. The highest BCUT2D eigenvalue weighted by molar-refractivity contribution is 6.51. The fourth-order valence-corrected chi connectivity index (χ4v) is 3.87. The van der Waals surface area contributed by atoms with Crippen LogP contribution in [0.15, 0.2) is 78.4 Å². The highest BCUT2D eigenvalue weighted by atomic mass is 35.5. The van der Waals surface area contributed by atoms with Crippen LogP contribution in [0.5, 0.6) is 11.5 Å². The second kappa shape index (κ2) is 8.16. The Morgan fingerprint density at radius 3 is 2.35 bits per heavy atom. The minimum Gasteiger partial charge on any atom is -0.507 e. The van der Waals surface area contributed by atoms with Gasteiger partial charge in [-0.2, -0.15) is 0 Å². The minimum atomic E-state index is -0.953. The first kappa shape index (κ1) is 20.5. The molecule has 3 aromatic rings. The number of amides is 1. The second-order valence-electron chi connectivity index (χ2n) is 6.92. The number of hydrogen-bond donors (Lipinski definition) is 2. The van der Waals surface area contributed by atoms with E-state index in [1.807, 2.05) is 0 Å². The molecular weight excluding hydrogens is 418 g/mol. The van der Waals surface area contributed by atoms with Crippen molar-refractivity contribution in [3.8, 4) is 11.5 Å². The number of nitrogens with zero attached hydrogens (tertiary/aromatic N) is 1. The molecule has 4 rings (SSSR count). The number of rotatable bonds is 4. The van der Waals surface area contributed by atoms with Gasteiger partial charge in [0.05, 0.1) is 29.3 Å². The van der Waals surface area contributed by atoms with Crippen LogP contribution in [0, 0.1) is 0 Å². The van der Waals surface area contributed by atoms with Crippen molar-refractivity contribution in [2.24, 2.45) is 0 Å². The summed E-state index contributed by atoms with van der Waals surface area (Å²) in [6.45, 7) is 0. The Morgan fingerprint density at radius 2 is 1.68 bits per heavy atom. The van der Waals surface area contributed by atoms with Crippen molar-refractivity contribution in [3.05, 3.63) is 94.5 Å². The number of ether oxygens (including phenoxy) is 1. The van der Waals surface area contributed by atoms with Crippen molar-refractivity contribution < 1.29 is 24.5 Å². The molecule has 1 atom stereocenters. The first-order valence-corrected chi connectivity index (χ1v) is 9.79. The number of ketones is 1. The maximum Gasteiger partial charge on any atom is 0.300 e. The van der Waals surface area contributed by atoms with Gasteiger partial charge in [-0.05, 0) is 42.0 Å². The molecule has 1 aliphatic rings. The van der Waals surface area contributed by atoms with Crippen molar-refractivity contribution >= 4 is 34.7 Å². The number of hydrogen-bond acceptors (Lipinski definition) is 5. The van der Waals surface area contributed by atoms with E-state index in [1.54, 1.807) is 60.7 Å². The zero-order valence-electron chi connectivity index (χ0n) is 16.4. The average Bonchev–Trinajstić information content (AvgIpc) is 3.06. The number of aliphatic hydroxyl groups is 1. The van der Waals surface area contributed by atoms with Crippen LogP contribution in [0.4, 0.5) is 5.69 Å². The van der Waals surface area contributed by atoms with Crippen LogP contribution >= 0.6 is 11.6 Å². The van der Waals surface area contributed by atoms with Crippen LogP contribution in [-0.2, 0) is 9.59 Å². The zero-order valence-corrected chi connectivity index (χ0v) is 17.2. The number of phenolic OH excluding ortho intramolecular Hbond substituents is 1. The summed E-state index contributed by atoms with van der Waals surface area (Å²) in [4.78, 5) is 27.5. The van der Waals surface area contributed by atoms with E-state index in [9.17, 15) is 19.8 Å². The van der Waals surface area contributed by atoms with E-state index in [4.69, 9.17) is 16.3 Å². The number of anilines is 1. The topological polar surface area (TPSA) is 87.1 Å². The fraction of sp³-hybridized carbons (Fsp3) is 0.0833. The average molecular weight is 436 g/mol. The number of phenols is 1. The molecule has 1 fully saturated rings. The summed E-state index contributed by atoms with van der Waals surface area (Å²) < 4.78 is 5.32. The first-order chi connectivity index (χ1) is 14.9. The predicted octanol–water partition coefficient (Wildman–Crippen LogP) is 4.68. The summed E-state index contributed by atoms with van der Waals surface area (Å²) in [5.74, 6) is -1.75. The third-order valence-electron chi connectivity index (χ3n) is 5.13. The summed E-state index contributed by atoms with van der Waals surface area (Å²) in [7, 11) is 1.45. The SMILES string of the molecule is COc1ccccc1/C(O)=C1/C(=O)C(=O)N(c2ccccc2)C1c1ccc(O)c(Cl)c1. The van der Waals surface area contributed by atoms with Gasteiger partial charge in [0.1, 0.15) is 17.3 Å². The molecule has 1 saturated heterocycles. The van der Waals surface area contributed by atoms with Crippen molar-refractivity contribution in [1.29, 1.82) is 0 Å². The third-order valence-corrected chi connectivity index (χ3v) is 5.43. The van der Waals surface area contributed by atoms with Gasteiger partial charge in [0, 0.05) is 5.69 Å². The smallest absolute Gasteiger partial charge is 0.300 e. The van der Waals surface area contributed by atoms with Gasteiger partial charge in [0.15, 0.2) is 0 Å². The van der Waals surface area contributed by atoms with E-state index in [1.165, 1.54) is 24.1 Å². The molecule has 6 nitrogen and oxygen atoms in total. The molecule has 1 aliphatic heterocycles. The molecule has 1 unspecified atom stereocenters. The van der Waals surface area contributed by atoms with Crippen molar-refractivity contribution in [3.63, 3.8) is 0 Å². The van der Waals surface area contributed by atoms with Gasteiger partial charge in [0.2, 0.25) is 0 Å². The quantitative estimate of drug-likeness (QED) is 0.353. The highest BCUT2D eigenvalue weighted by Gasteiger charge is 2.47. The largest absolute Gasteiger partial charge is 0.507 e. The summed E-state index contributed by atoms with van der Waals surface area (Å²) in [6, 6.07) is 18.8. The molecule has 0 saturated carbocycles. The Labute approximate surface area is 183 Å². The summed E-state index contributed by atoms with van der Waals surface area (Å²) in [6.07, 6.45) is 0. The summed E-state index contributed by atoms with van der Waals surface area (Å²) in [5, 5.41) is 21.1. The number of benzene rings is 3. The highest BCUT2D eigenvalue weighted by Crippen LogP contribution is 2.44. The number of methoxy groups -OCH3 is 1. The number of carbonyl (C=O) groups excluding carboxylic acids is 2. The van der Waals surface area contributed by atoms with Crippen LogP contribution < -0.4 is 9.64 Å². The Morgan fingerprint density at radius 1 is 1.00 bits per heavy atom. The number of halogens is 1. The number of para-hydroxylation sites is 2. The molecule has 0 aromatic heterocycles. The second-order valence-corrected chi connectivity index (χ2v) is 7.32. The summed E-state index contributed by atoms with van der Waals surface area (Å²) >= 11 is 6.11. The Bertz CT molecular complexity index is 1210. The molecule has 0 bridgehead atoms. The van der Waals surface area contributed by atoms with Gasteiger partial charge in [-0.25, -0.2) is 0 Å². The lowest BCUT2D eigenvalue weighted by atomic mass is 9.94. The number of carbonyl (C=O) groups is 2. The predicted molar refractivity (Wildman–Crippen MR) is 117 cm³/mol. The maximum absolute atomic E-state index is 13.1. The molecule has 1 heterocycles. The molecule has 0 spiro atoms. The van der Waals surface area contributed by atoms with Gasteiger partial charge < -0.3 is 14.9 Å². The van der Waals surface area contributed by atoms with Crippen molar-refractivity contribution in [2.45, 2.75) is 6.04 Å². The molecule has 156 valence electrons. The lowest BCUT2D eigenvalue weighted by Gasteiger charge is -2.25. The lowest BCUT2D eigenvalue weighted by molar-refractivity contribution is -0.132. The van der Waals surface area contributed by atoms with Crippen LogP contribution in [0.25, 0.3) is 5.76 Å². The van der Waals surface area contributed by atoms with E-state index < -0.39 is 17.7 Å². The molecule has 7 heteroatoms. The van der Waals surface area contributed by atoms with E-state index in [0.717, 1.165) is 0 Å². The van der Waals surface area contributed by atoms with Crippen molar-refractivity contribution in [1.82, 2.24) is 0 Å². The van der Waals surface area contributed by atoms with Crippen LogP contribution in [0.3, 0.4) is 0 Å². The Hall–Kier alpha value is -3.77. The number of aromatic hydroxyl groups is 1. The Balaban J connectivity index is 1.99. The van der Waals surface area contributed by atoms with E-state index in [2.05, 4.69) is 0 Å². The normalized spacial score (nSPS) is 17.7. The van der Waals surface area contributed by atoms with Gasteiger partial charge in [0.25, 0.3) is 11.7 Å². The molecule has 0 aliphatic carbocycles. The monoisotopic (exact) mass is 435 g/mol. The van der Waals surface area contributed by atoms with Gasteiger partial charge in [-0.3, -0.25) is 14.5 Å². The molecule has 2 N–H and O–H groups in total. The van der Waals surface area contributed by atoms with Gasteiger partial charge in [-0.15, -0.1) is 0 Å². The molecule has 3 aromatic carbocycles. The van der Waals surface area contributed by atoms with E-state index in [0.29, 0.717) is 17.0 Å². The van der Waals surface area contributed by atoms with Crippen LogP contribution in [0.1, 0.15) is 17.2 Å². The lowest BCUT2D eigenvalue weighted by Crippen LogP contribution is -2.29. The van der Waals surface area contributed by atoms with Gasteiger partial charge in [-0.1, -0.05) is 48.0 Å². The molecule has 31 heavy (non-hydrogen) atoms. The van der Waals surface area contributed by atoms with Gasteiger partial charge >= 0.3 is 0 Å². The maximum atomic E-state index is 13.1. The number of Topliss-reactive ketones (excluding diaryl/α,β-unsaturated/α-hetero) is 1. The van der Waals surface area contributed by atoms with Crippen molar-refractivity contribution in [2.75, 3.05) is 12.0 Å². The van der Waals surface area contributed by atoms with E-state index >= 15 is 0 Å². The van der Waals surface area contributed by atoms with Crippen LogP contribution in [0.2, 0.25) is 5.02 Å². The van der Waals surface area contributed by atoms with E-state index in [-0.39, 0.29) is 27.7 Å². The summed E-state index contributed by atoms with van der Waals surface area (Å²) in [5.41, 5.74) is 1.13. The minimum absolute atomic E-state index is 0.0634.